The quantitative estimate of drug-likeness (QED) is 0.261. The SMILES string of the molecule is CCOc1ccc([C@H]2/C(=C(\O)c3ccc(OC)cc3)C(=O)C(=O)N2CCCn2ccnc2)cc1OC. The van der Waals surface area contributed by atoms with Crippen molar-refractivity contribution in [3.05, 3.63) is 77.9 Å². The fraction of sp³-hybridized carbons (Fsp3) is 0.296. The zero-order chi connectivity index (χ0) is 25.7. The van der Waals surface area contributed by atoms with Gasteiger partial charge in [0.1, 0.15) is 11.5 Å². The molecule has 188 valence electrons. The predicted octanol–water partition coefficient (Wildman–Crippen LogP) is 3.81. The van der Waals surface area contributed by atoms with Gasteiger partial charge in [-0.3, -0.25) is 9.59 Å². The monoisotopic (exact) mass is 491 g/mol. The second-order valence-corrected chi connectivity index (χ2v) is 8.22. The van der Waals surface area contributed by atoms with Crippen molar-refractivity contribution in [3.8, 4) is 17.2 Å². The number of likely N-dealkylation sites (tertiary alicyclic amines) is 1. The molecular weight excluding hydrogens is 462 g/mol. The Morgan fingerprint density at radius 1 is 1.03 bits per heavy atom. The van der Waals surface area contributed by atoms with Crippen LogP contribution in [0.5, 0.6) is 17.2 Å². The lowest BCUT2D eigenvalue weighted by Crippen LogP contribution is -2.31. The largest absolute Gasteiger partial charge is 0.507 e. The fourth-order valence-electron chi connectivity index (χ4n) is 4.33. The number of ether oxygens (including phenoxy) is 3. The number of aryl methyl sites for hydroxylation is 1. The minimum absolute atomic E-state index is 0.0269. The number of imidazole rings is 1. The number of Topliss-reactive ketones (excluding diaryl/α,β-unsaturated/α-hetero) is 1. The Morgan fingerprint density at radius 2 is 1.81 bits per heavy atom. The number of benzene rings is 2. The fourth-order valence-corrected chi connectivity index (χ4v) is 4.33. The molecule has 1 atom stereocenters. The Hall–Kier alpha value is -4.27. The van der Waals surface area contributed by atoms with Crippen molar-refractivity contribution in [2.24, 2.45) is 0 Å². The molecule has 36 heavy (non-hydrogen) atoms. The van der Waals surface area contributed by atoms with Gasteiger partial charge in [0.2, 0.25) is 0 Å². The van der Waals surface area contributed by atoms with Crippen LogP contribution >= 0.6 is 0 Å². The van der Waals surface area contributed by atoms with Gasteiger partial charge in [-0.05, 0) is 55.3 Å². The van der Waals surface area contributed by atoms with Crippen LogP contribution in [0.1, 0.15) is 30.5 Å². The molecule has 0 aliphatic carbocycles. The molecule has 9 heteroatoms. The zero-order valence-corrected chi connectivity index (χ0v) is 20.5. The van der Waals surface area contributed by atoms with Gasteiger partial charge in [0.15, 0.2) is 11.5 Å². The number of nitrogens with zero attached hydrogens (tertiary/aromatic N) is 3. The third kappa shape index (κ3) is 4.91. The number of methoxy groups -OCH3 is 2. The number of carbonyl (C=O) groups is 2. The number of carbonyl (C=O) groups excluding carboxylic acids is 2. The summed E-state index contributed by atoms with van der Waals surface area (Å²) in [4.78, 5) is 32.0. The molecule has 0 bridgehead atoms. The number of hydrogen-bond acceptors (Lipinski definition) is 7. The highest BCUT2D eigenvalue weighted by Crippen LogP contribution is 2.42. The summed E-state index contributed by atoms with van der Waals surface area (Å²) in [6.45, 7) is 3.26. The van der Waals surface area contributed by atoms with E-state index in [9.17, 15) is 14.7 Å². The van der Waals surface area contributed by atoms with Crippen LogP contribution in [-0.2, 0) is 16.1 Å². The van der Waals surface area contributed by atoms with Crippen molar-refractivity contribution in [1.29, 1.82) is 0 Å². The van der Waals surface area contributed by atoms with E-state index in [4.69, 9.17) is 14.2 Å². The number of aromatic nitrogens is 2. The topological polar surface area (TPSA) is 103 Å². The van der Waals surface area contributed by atoms with Crippen LogP contribution in [0.2, 0.25) is 0 Å². The van der Waals surface area contributed by atoms with E-state index in [0.717, 1.165) is 0 Å². The number of hydrogen-bond donors (Lipinski definition) is 1. The van der Waals surface area contributed by atoms with E-state index in [-0.39, 0.29) is 11.3 Å². The minimum atomic E-state index is -0.792. The van der Waals surface area contributed by atoms with Crippen molar-refractivity contribution in [2.45, 2.75) is 25.9 Å². The lowest BCUT2D eigenvalue weighted by Gasteiger charge is -2.26. The first kappa shape index (κ1) is 24.8. The lowest BCUT2D eigenvalue weighted by molar-refractivity contribution is -0.139. The second-order valence-electron chi connectivity index (χ2n) is 8.22. The maximum Gasteiger partial charge on any atom is 0.295 e. The molecule has 1 saturated heterocycles. The molecule has 1 N–H and O–H groups in total. The Kier molecular flexibility index (Phi) is 7.58. The highest BCUT2D eigenvalue weighted by Gasteiger charge is 2.46. The van der Waals surface area contributed by atoms with E-state index >= 15 is 0 Å². The van der Waals surface area contributed by atoms with Crippen molar-refractivity contribution in [1.82, 2.24) is 14.5 Å². The van der Waals surface area contributed by atoms with Crippen LogP contribution in [-0.4, -0.2) is 58.6 Å². The number of ketones is 1. The van der Waals surface area contributed by atoms with Gasteiger partial charge in [-0.1, -0.05) is 6.07 Å². The third-order valence-corrected chi connectivity index (χ3v) is 6.08. The first-order valence-electron chi connectivity index (χ1n) is 11.7. The van der Waals surface area contributed by atoms with Crippen LogP contribution < -0.4 is 14.2 Å². The Labute approximate surface area is 209 Å². The zero-order valence-electron chi connectivity index (χ0n) is 20.5. The van der Waals surface area contributed by atoms with E-state index in [1.807, 2.05) is 17.7 Å². The highest BCUT2D eigenvalue weighted by atomic mass is 16.5. The normalized spacial score (nSPS) is 16.9. The van der Waals surface area contributed by atoms with Gasteiger partial charge in [0.25, 0.3) is 11.7 Å². The minimum Gasteiger partial charge on any atom is -0.507 e. The summed E-state index contributed by atoms with van der Waals surface area (Å²) in [5.41, 5.74) is 1.07. The van der Waals surface area contributed by atoms with Crippen molar-refractivity contribution >= 4 is 17.4 Å². The van der Waals surface area contributed by atoms with E-state index in [0.29, 0.717) is 54.5 Å². The number of aliphatic hydroxyl groups excluding tert-OH is 1. The van der Waals surface area contributed by atoms with Crippen LogP contribution in [0.15, 0.2) is 66.8 Å². The summed E-state index contributed by atoms with van der Waals surface area (Å²) in [7, 11) is 3.07. The molecule has 1 aliphatic heterocycles. The Balaban J connectivity index is 1.76. The second kappa shape index (κ2) is 11.0. The van der Waals surface area contributed by atoms with Crippen molar-refractivity contribution < 1.29 is 28.9 Å². The molecule has 3 aromatic rings. The first-order valence-corrected chi connectivity index (χ1v) is 11.7. The molecular formula is C27H29N3O6. The van der Waals surface area contributed by atoms with E-state index in [1.54, 1.807) is 62.1 Å². The van der Waals surface area contributed by atoms with Gasteiger partial charge < -0.3 is 28.8 Å². The van der Waals surface area contributed by atoms with E-state index in [2.05, 4.69) is 4.98 Å². The Morgan fingerprint density at radius 3 is 2.44 bits per heavy atom. The predicted molar refractivity (Wildman–Crippen MR) is 133 cm³/mol. The van der Waals surface area contributed by atoms with E-state index < -0.39 is 17.7 Å². The number of amides is 1. The average molecular weight is 492 g/mol. The van der Waals surface area contributed by atoms with Gasteiger partial charge in [-0.15, -0.1) is 0 Å². The molecule has 0 spiro atoms. The molecule has 0 unspecified atom stereocenters. The molecule has 0 saturated carbocycles. The standard InChI is InChI=1S/C27H29N3O6/c1-4-36-21-11-8-19(16-22(21)35-3)24-23(25(31)18-6-9-20(34-2)10-7-18)26(32)27(33)30(24)14-5-13-29-15-12-28-17-29/h6-12,15-17,24,31H,4-5,13-14H2,1-3H3/b25-23+/t24-/m0/s1. The molecule has 1 amide bonds. The van der Waals surface area contributed by atoms with Gasteiger partial charge in [-0.2, -0.15) is 0 Å². The van der Waals surface area contributed by atoms with Crippen LogP contribution in [0.4, 0.5) is 0 Å². The summed E-state index contributed by atoms with van der Waals surface area (Å²) in [6, 6.07) is 11.2. The third-order valence-electron chi connectivity index (χ3n) is 6.08. The maximum atomic E-state index is 13.2. The molecule has 1 aromatic heterocycles. The van der Waals surface area contributed by atoms with Crippen LogP contribution in [0, 0.1) is 0 Å². The van der Waals surface area contributed by atoms with E-state index in [1.165, 1.54) is 12.0 Å². The van der Waals surface area contributed by atoms with Gasteiger partial charge >= 0.3 is 0 Å². The van der Waals surface area contributed by atoms with Gasteiger partial charge in [0, 0.05) is 31.0 Å². The summed E-state index contributed by atoms with van der Waals surface area (Å²) >= 11 is 0. The average Bonchev–Trinajstić information content (AvgIpc) is 3.51. The van der Waals surface area contributed by atoms with Crippen molar-refractivity contribution in [2.75, 3.05) is 27.4 Å². The summed E-state index contributed by atoms with van der Waals surface area (Å²) in [6.07, 6.45) is 5.82. The first-order chi connectivity index (χ1) is 17.5. The molecule has 0 radical (unpaired) electrons. The van der Waals surface area contributed by atoms with Crippen LogP contribution in [0.25, 0.3) is 5.76 Å². The highest BCUT2D eigenvalue weighted by molar-refractivity contribution is 6.46. The molecule has 4 rings (SSSR count). The molecule has 2 aromatic carbocycles. The van der Waals surface area contributed by atoms with Gasteiger partial charge in [0.05, 0.1) is 38.8 Å². The maximum absolute atomic E-state index is 13.2. The molecule has 2 heterocycles. The van der Waals surface area contributed by atoms with Crippen molar-refractivity contribution in [3.63, 3.8) is 0 Å². The number of rotatable bonds is 10. The molecule has 1 aliphatic rings. The molecule has 9 nitrogen and oxygen atoms in total. The van der Waals surface area contributed by atoms with Gasteiger partial charge in [-0.25, -0.2) is 4.98 Å². The molecule has 1 fully saturated rings. The van der Waals surface area contributed by atoms with Crippen LogP contribution in [0.3, 0.4) is 0 Å². The Bertz CT molecular complexity index is 1250. The lowest BCUT2D eigenvalue weighted by atomic mass is 9.95. The summed E-state index contributed by atoms with van der Waals surface area (Å²) < 4.78 is 18.2. The summed E-state index contributed by atoms with van der Waals surface area (Å²) in [5.74, 6) is 0.00127. The smallest absolute Gasteiger partial charge is 0.295 e. The summed E-state index contributed by atoms with van der Waals surface area (Å²) in [5, 5.41) is 11.2. The number of aliphatic hydroxyl groups is 1.